The Kier molecular flexibility index (Phi) is 6.42. The summed E-state index contributed by atoms with van der Waals surface area (Å²) in [7, 11) is 0. The summed E-state index contributed by atoms with van der Waals surface area (Å²) in [6.07, 6.45) is 2.07. The van der Waals surface area contributed by atoms with E-state index in [-0.39, 0.29) is 6.42 Å². The predicted molar refractivity (Wildman–Crippen MR) is 152 cm³/mol. The number of carbonyl (C=O) groups is 3. The topological polar surface area (TPSA) is 130 Å². The minimum Gasteiger partial charge on any atom is -0.454 e. The van der Waals surface area contributed by atoms with Crippen molar-refractivity contribution in [1.82, 2.24) is 0 Å². The zero-order valence-electron chi connectivity index (χ0n) is 24.1. The molecule has 0 unspecified atom stereocenters. The summed E-state index contributed by atoms with van der Waals surface area (Å²) in [4.78, 5) is 40.5. The molecule has 0 spiro atoms. The van der Waals surface area contributed by atoms with Crippen LogP contribution in [0.3, 0.4) is 0 Å². The van der Waals surface area contributed by atoms with Crippen LogP contribution in [0.5, 0.6) is 0 Å². The molecule has 8 heteroatoms. The van der Waals surface area contributed by atoms with Gasteiger partial charge in [0.25, 0.3) is 0 Å². The van der Waals surface area contributed by atoms with Crippen LogP contribution in [0.25, 0.3) is 0 Å². The first kappa shape index (κ1) is 28.5. The van der Waals surface area contributed by atoms with Gasteiger partial charge in [0.2, 0.25) is 0 Å². The number of benzene rings is 2. The minimum absolute atomic E-state index is 0.148. The number of rotatable bonds is 5. The largest absolute Gasteiger partial charge is 0.454 e. The van der Waals surface area contributed by atoms with E-state index in [0.717, 1.165) is 0 Å². The summed E-state index contributed by atoms with van der Waals surface area (Å²) >= 11 is 0. The zero-order chi connectivity index (χ0) is 30.2. The van der Waals surface area contributed by atoms with Crippen molar-refractivity contribution >= 4 is 17.7 Å². The molecule has 4 aliphatic carbocycles. The van der Waals surface area contributed by atoms with Gasteiger partial charge in [0, 0.05) is 35.5 Å². The molecule has 220 valence electrons. The third-order valence-corrected chi connectivity index (χ3v) is 10.5. The SMILES string of the molecule is CC1=C[C@H]2[C@@]3(O)[C@H](C)[C@@H](OC(=O)c4ccccc4)[C@]4(OC(=O)c5ccccc5)[C@@H]([C@@H]3C=C(CO)C[C@]2(O)C1=O)C4(C)C. The molecule has 4 aliphatic rings. The van der Waals surface area contributed by atoms with E-state index in [4.69, 9.17) is 9.47 Å². The van der Waals surface area contributed by atoms with Gasteiger partial charge >= 0.3 is 11.9 Å². The average molecular weight is 573 g/mol. The van der Waals surface area contributed by atoms with E-state index in [2.05, 4.69) is 0 Å². The molecule has 0 aliphatic heterocycles. The highest BCUT2D eigenvalue weighted by atomic mass is 16.6. The van der Waals surface area contributed by atoms with Crippen LogP contribution in [0.4, 0.5) is 0 Å². The molecular formula is C34H36O8. The maximum absolute atomic E-state index is 13.6. The van der Waals surface area contributed by atoms with Crippen molar-refractivity contribution in [2.45, 2.75) is 57.0 Å². The lowest BCUT2D eigenvalue weighted by molar-refractivity contribution is -0.210. The smallest absolute Gasteiger partial charge is 0.338 e. The maximum Gasteiger partial charge on any atom is 0.338 e. The van der Waals surface area contributed by atoms with Crippen LogP contribution >= 0.6 is 0 Å². The number of carbonyl (C=O) groups excluding carboxylic acids is 3. The molecule has 8 nitrogen and oxygen atoms in total. The second-order valence-electron chi connectivity index (χ2n) is 12.9. The molecule has 42 heavy (non-hydrogen) atoms. The van der Waals surface area contributed by atoms with Crippen molar-refractivity contribution in [2.75, 3.05) is 6.61 Å². The number of fused-ring (bicyclic) bond motifs is 5. The zero-order valence-corrected chi connectivity index (χ0v) is 24.1. The van der Waals surface area contributed by atoms with E-state index in [0.29, 0.717) is 22.3 Å². The van der Waals surface area contributed by atoms with Gasteiger partial charge in [-0.25, -0.2) is 9.59 Å². The van der Waals surface area contributed by atoms with Gasteiger partial charge in [-0.2, -0.15) is 0 Å². The molecule has 2 fully saturated rings. The van der Waals surface area contributed by atoms with Crippen molar-refractivity contribution in [2.24, 2.45) is 29.1 Å². The molecule has 0 amide bonds. The fourth-order valence-electron chi connectivity index (χ4n) is 8.37. The summed E-state index contributed by atoms with van der Waals surface area (Å²) < 4.78 is 12.6. The van der Waals surface area contributed by atoms with Crippen LogP contribution < -0.4 is 0 Å². The van der Waals surface area contributed by atoms with Gasteiger partial charge in [0.05, 0.1) is 23.3 Å². The lowest BCUT2D eigenvalue weighted by Gasteiger charge is -2.53. The first-order chi connectivity index (χ1) is 19.8. The lowest BCUT2D eigenvalue weighted by atomic mass is 9.59. The van der Waals surface area contributed by atoms with Crippen molar-refractivity contribution in [1.29, 1.82) is 0 Å². The molecule has 6 rings (SSSR count). The molecule has 0 bridgehead atoms. The Morgan fingerprint density at radius 1 is 0.929 bits per heavy atom. The number of aliphatic hydroxyl groups excluding tert-OH is 1. The van der Waals surface area contributed by atoms with Crippen molar-refractivity contribution in [3.63, 3.8) is 0 Å². The third-order valence-electron chi connectivity index (χ3n) is 10.5. The van der Waals surface area contributed by atoms with E-state index in [9.17, 15) is 29.7 Å². The van der Waals surface area contributed by atoms with Crippen LogP contribution in [0.2, 0.25) is 0 Å². The van der Waals surface area contributed by atoms with E-state index >= 15 is 0 Å². The maximum atomic E-state index is 13.6. The van der Waals surface area contributed by atoms with Gasteiger partial charge in [0.1, 0.15) is 11.7 Å². The highest BCUT2D eigenvalue weighted by Crippen LogP contribution is 2.77. The Labute approximate surface area is 244 Å². The van der Waals surface area contributed by atoms with E-state index in [1.807, 2.05) is 13.8 Å². The fraction of sp³-hybridized carbons (Fsp3) is 0.441. The van der Waals surface area contributed by atoms with E-state index in [1.54, 1.807) is 86.7 Å². The Morgan fingerprint density at radius 3 is 2.07 bits per heavy atom. The Morgan fingerprint density at radius 2 is 1.50 bits per heavy atom. The Bertz CT molecular complexity index is 1510. The van der Waals surface area contributed by atoms with Crippen LogP contribution in [0.15, 0.2) is 84.0 Å². The highest BCUT2D eigenvalue weighted by molar-refractivity contribution is 6.05. The second-order valence-corrected chi connectivity index (χ2v) is 12.9. The Hall–Kier alpha value is -3.59. The monoisotopic (exact) mass is 572 g/mol. The summed E-state index contributed by atoms with van der Waals surface area (Å²) in [5.41, 5.74) is -4.56. The van der Waals surface area contributed by atoms with Crippen LogP contribution in [0.1, 0.15) is 54.8 Å². The van der Waals surface area contributed by atoms with Gasteiger partial charge < -0.3 is 24.8 Å². The highest BCUT2D eigenvalue weighted by Gasteiger charge is 2.88. The number of esters is 2. The number of hydrogen-bond acceptors (Lipinski definition) is 8. The number of ketones is 1. The van der Waals surface area contributed by atoms with Gasteiger partial charge in [-0.05, 0) is 42.3 Å². The molecule has 2 aromatic carbocycles. The first-order valence-corrected chi connectivity index (χ1v) is 14.4. The summed E-state index contributed by atoms with van der Waals surface area (Å²) in [5.74, 6) is -5.00. The van der Waals surface area contributed by atoms with Crippen molar-refractivity contribution in [3.05, 3.63) is 95.1 Å². The minimum atomic E-state index is -1.98. The standard InChI is InChI=1S/C34H36O8/c1-19-15-25-32(39,27(19)36)17-21(18-35)16-24-26-31(3,4)34(26,42-30(38)23-13-9-6-10-14-23)28(20(2)33(24,25)40)41-29(37)22-11-7-5-8-12-22/h5-16,20,24-26,28,35,39-40H,17-18H2,1-4H3/t20-,24+,25-,26+,28-,32-,33-,34-/m1/s1. The predicted octanol–water partition coefficient (Wildman–Crippen LogP) is 3.66. The molecule has 3 N–H and O–H groups in total. The van der Waals surface area contributed by atoms with E-state index < -0.39 is 76.3 Å². The molecule has 2 aromatic rings. The molecule has 2 saturated carbocycles. The van der Waals surface area contributed by atoms with Gasteiger partial charge in [-0.3, -0.25) is 4.79 Å². The number of Topliss-reactive ketones (excluding diaryl/α,β-unsaturated/α-hetero) is 1. The molecule has 0 radical (unpaired) electrons. The van der Waals surface area contributed by atoms with Gasteiger partial charge in [-0.1, -0.05) is 69.3 Å². The molecule has 8 atom stereocenters. The second kappa shape index (κ2) is 9.46. The third kappa shape index (κ3) is 3.68. The lowest BCUT2D eigenvalue weighted by Crippen LogP contribution is -2.66. The summed E-state index contributed by atoms with van der Waals surface area (Å²) in [6, 6.07) is 17.0. The summed E-state index contributed by atoms with van der Waals surface area (Å²) in [6.45, 7) is 6.70. The average Bonchev–Trinajstić information content (AvgIpc) is 3.41. The molecule has 0 aromatic heterocycles. The van der Waals surface area contributed by atoms with Gasteiger partial charge in [-0.15, -0.1) is 0 Å². The van der Waals surface area contributed by atoms with Gasteiger partial charge in [0.15, 0.2) is 11.4 Å². The fourth-order valence-corrected chi connectivity index (χ4v) is 8.37. The van der Waals surface area contributed by atoms with Crippen LogP contribution in [0, 0.1) is 29.1 Å². The van der Waals surface area contributed by atoms with Crippen LogP contribution in [-0.4, -0.2) is 62.6 Å². The molecular weight excluding hydrogens is 536 g/mol. The molecule has 0 saturated heterocycles. The van der Waals surface area contributed by atoms with Crippen molar-refractivity contribution < 1.29 is 39.2 Å². The normalized spacial score (nSPS) is 37.7. The Balaban J connectivity index is 1.53. The first-order valence-electron chi connectivity index (χ1n) is 14.4. The number of aliphatic hydroxyl groups is 3. The van der Waals surface area contributed by atoms with Crippen molar-refractivity contribution in [3.8, 4) is 0 Å². The van der Waals surface area contributed by atoms with E-state index in [1.165, 1.54) is 0 Å². The van der Waals surface area contributed by atoms with Crippen LogP contribution in [-0.2, 0) is 14.3 Å². The summed E-state index contributed by atoms with van der Waals surface area (Å²) in [5, 5.41) is 35.0. The quantitative estimate of drug-likeness (QED) is 0.366. The number of ether oxygens (including phenoxy) is 2. The number of hydrogen-bond donors (Lipinski definition) is 3. The molecule has 0 heterocycles.